The molecule has 0 aliphatic heterocycles. The molecule has 0 radical (unpaired) electrons. The van der Waals surface area contributed by atoms with E-state index in [-0.39, 0.29) is 30.5 Å². The van der Waals surface area contributed by atoms with Crippen molar-refractivity contribution < 1.29 is 17.6 Å². The maximum absolute atomic E-state index is 11.8. The first-order valence-electron chi connectivity index (χ1n) is 5.05. The van der Waals surface area contributed by atoms with E-state index in [4.69, 9.17) is 10.2 Å². The lowest BCUT2D eigenvalue weighted by atomic mass is 10.4. The molecule has 1 rings (SSSR count). The Kier molecular flexibility index (Phi) is 4.30. The molecule has 0 spiro atoms. The summed E-state index contributed by atoms with van der Waals surface area (Å²) in [7, 11) is -1.55. The summed E-state index contributed by atoms with van der Waals surface area (Å²) >= 11 is 0. The van der Waals surface area contributed by atoms with E-state index in [1.165, 1.54) is 18.0 Å². The van der Waals surface area contributed by atoms with Crippen LogP contribution < -0.4 is 5.73 Å². The van der Waals surface area contributed by atoms with Crippen molar-refractivity contribution in [1.82, 2.24) is 4.90 Å². The zero-order valence-corrected chi connectivity index (χ0v) is 10.7. The molecule has 17 heavy (non-hydrogen) atoms. The highest BCUT2D eigenvalue weighted by molar-refractivity contribution is 7.90. The Bertz CT molecular complexity index is 492. The number of carbonyl (C=O) groups is 1. The fourth-order valence-electron chi connectivity index (χ4n) is 1.19. The van der Waals surface area contributed by atoms with Gasteiger partial charge in [0.15, 0.2) is 5.76 Å². The summed E-state index contributed by atoms with van der Waals surface area (Å²) in [5.41, 5.74) is 5.36. The summed E-state index contributed by atoms with van der Waals surface area (Å²) in [5.74, 6) is 0.263. The molecule has 1 aromatic rings. The average molecular weight is 260 g/mol. The van der Waals surface area contributed by atoms with E-state index in [9.17, 15) is 13.2 Å². The third-order valence-corrected chi connectivity index (χ3v) is 3.14. The summed E-state index contributed by atoms with van der Waals surface area (Å²) in [6.07, 6.45) is 1.13. The van der Waals surface area contributed by atoms with E-state index in [0.717, 1.165) is 6.26 Å². The summed E-state index contributed by atoms with van der Waals surface area (Å²) in [4.78, 5) is 13.1. The van der Waals surface area contributed by atoms with Gasteiger partial charge >= 0.3 is 0 Å². The van der Waals surface area contributed by atoms with Gasteiger partial charge in [-0.05, 0) is 12.1 Å². The Labute approximate surface area is 100 Å². The molecule has 7 heteroatoms. The van der Waals surface area contributed by atoms with Gasteiger partial charge in [-0.15, -0.1) is 0 Å². The lowest BCUT2D eigenvalue weighted by Crippen LogP contribution is -2.31. The zero-order chi connectivity index (χ0) is 13.1. The van der Waals surface area contributed by atoms with E-state index < -0.39 is 9.84 Å². The molecule has 2 N–H and O–H groups in total. The van der Waals surface area contributed by atoms with Gasteiger partial charge in [-0.1, -0.05) is 0 Å². The minimum Gasteiger partial charge on any atom is -0.455 e. The Morgan fingerprint density at radius 3 is 2.59 bits per heavy atom. The van der Waals surface area contributed by atoms with Crippen molar-refractivity contribution in [3.05, 3.63) is 23.7 Å². The van der Waals surface area contributed by atoms with Gasteiger partial charge in [-0.3, -0.25) is 4.79 Å². The van der Waals surface area contributed by atoms with E-state index in [1.807, 2.05) is 0 Å². The molecule has 0 fully saturated rings. The van der Waals surface area contributed by atoms with Gasteiger partial charge in [0.25, 0.3) is 5.91 Å². The van der Waals surface area contributed by atoms with Gasteiger partial charge in [0.2, 0.25) is 0 Å². The van der Waals surface area contributed by atoms with Gasteiger partial charge in [0.1, 0.15) is 15.6 Å². The van der Waals surface area contributed by atoms with Crippen LogP contribution in [0.1, 0.15) is 16.3 Å². The van der Waals surface area contributed by atoms with Crippen molar-refractivity contribution in [2.24, 2.45) is 5.73 Å². The number of nitrogens with zero attached hydrogens (tertiary/aromatic N) is 1. The molecule has 1 aromatic heterocycles. The fraction of sp³-hybridized carbons (Fsp3) is 0.500. The largest absolute Gasteiger partial charge is 0.455 e. The number of furan rings is 1. The van der Waals surface area contributed by atoms with E-state index >= 15 is 0 Å². The van der Waals surface area contributed by atoms with Crippen LogP contribution in [-0.2, 0) is 16.4 Å². The van der Waals surface area contributed by atoms with Gasteiger partial charge in [-0.2, -0.15) is 0 Å². The predicted molar refractivity (Wildman–Crippen MR) is 63.3 cm³/mol. The standard InChI is InChI=1S/C10H16N2O4S/c1-12(5-6-17(2,14)15)10(13)9-4-3-8(7-11)16-9/h3-4H,5-7,11H2,1-2H3. The van der Waals surface area contributed by atoms with E-state index in [0.29, 0.717) is 5.76 Å². The highest BCUT2D eigenvalue weighted by Crippen LogP contribution is 2.09. The topological polar surface area (TPSA) is 93.6 Å². The Balaban J connectivity index is 2.63. The normalized spacial score (nSPS) is 11.5. The molecule has 0 aliphatic rings. The van der Waals surface area contributed by atoms with Crippen LogP contribution in [-0.4, -0.2) is 44.8 Å². The number of hydrogen-bond acceptors (Lipinski definition) is 5. The van der Waals surface area contributed by atoms with Crippen molar-refractivity contribution in [3.8, 4) is 0 Å². The second-order valence-corrected chi connectivity index (χ2v) is 6.09. The first-order chi connectivity index (χ1) is 7.83. The van der Waals surface area contributed by atoms with Crippen LogP contribution in [0.4, 0.5) is 0 Å². The van der Waals surface area contributed by atoms with E-state index in [2.05, 4.69) is 0 Å². The summed E-state index contributed by atoms with van der Waals surface area (Å²) in [6.45, 7) is 0.358. The van der Waals surface area contributed by atoms with Crippen LogP contribution in [0.25, 0.3) is 0 Å². The smallest absolute Gasteiger partial charge is 0.289 e. The highest BCUT2D eigenvalue weighted by Gasteiger charge is 2.16. The molecule has 0 bridgehead atoms. The van der Waals surface area contributed by atoms with Gasteiger partial charge < -0.3 is 15.1 Å². The first-order valence-corrected chi connectivity index (χ1v) is 7.11. The summed E-state index contributed by atoms with van der Waals surface area (Å²) < 4.78 is 27.1. The van der Waals surface area contributed by atoms with Crippen molar-refractivity contribution >= 4 is 15.7 Å². The third kappa shape index (κ3) is 4.20. The van der Waals surface area contributed by atoms with Gasteiger partial charge in [0.05, 0.1) is 12.3 Å². The molecule has 1 amide bonds. The van der Waals surface area contributed by atoms with Gasteiger partial charge in [-0.25, -0.2) is 8.42 Å². The second-order valence-electron chi connectivity index (χ2n) is 3.83. The van der Waals surface area contributed by atoms with Crippen LogP contribution in [0.3, 0.4) is 0 Å². The molecule has 6 nitrogen and oxygen atoms in total. The third-order valence-electron chi connectivity index (χ3n) is 2.22. The molecule has 0 atom stereocenters. The highest BCUT2D eigenvalue weighted by atomic mass is 32.2. The second kappa shape index (κ2) is 5.33. The number of hydrogen-bond donors (Lipinski definition) is 1. The lowest BCUT2D eigenvalue weighted by Gasteiger charge is -2.14. The summed E-state index contributed by atoms with van der Waals surface area (Å²) in [6, 6.07) is 3.15. The summed E-state index contributed by atoms with van der Waals surface area (Å²) in [5, 5.41) is 0. The number of carbonyl (C=O) groups excluding carboxylic acids is 1. The Morgan fingerprint density at radius 2 is 2.12 bits per heavy atom. The molecule has 0 saturated carbocycles. The number of nitrogens with two attached hydrogens (primary N) is 1. The van der Waals surface area contributed by atoms with Crippen molar-refractivity contribution in [2.75, 3.05) is 25.6 Å². The molecule has 0 aromatic carbocycles. The fourth-order valence-corrected chi connectivity index (χ4v) is 1.80. The van der Waals surface area contributed by atoms with Crippen LogP contribution >= 0.6 is 0 Å². The van der Waals surface area contributed by atoms with E-state index in [1.54, 1.807) is 6.07 Å². The molecule has 96 valence electrons. The number of amides is 1. The number of rotatable bonds is 5. The molecular weight excluding hydrogens is 244 g/mol. The van der Waals surface area contributed by atoms with Crippen LogP contribution in [0, 0.1) is 0 Å². The maximum atomic E-state index is 11.8. The molecule has 0 unspecified atom stereocenters. The SMILES string of the molecule is CN(CCS(C)(=O)=O)C(=O)c1ccc(CN)o1. The van der Waals surface area contributed by atoms with Gasteiger partial charge in [0, 0.05) is 19.8 Å². The monoisotopic (exact) mass is 260 g/mol. The molecular formula is C10H16N2O4S. The molecule has 0 saturated heterocycles. The van der Waals surface area contributed by atoms with Crippen molar-refractivity contribution in [1.29, 1.82) is 0 Å². The molecule has 1 heterocycles. The minimum atomic E-state index is -3.08. The van der Waals surface area contributed by atoms with Crippen LogP contribution in [0.5, 0.6) is 0 Å². The first kappa shape index (κ1) is 13.7. The maximum Gasteiger partial charge on any atom is 0.289 e. The van der Waals surface area contributed by atoms with Crippen LogP contribution in [0.2, 0.25) is 0 Å². The molecule has 0 aliphatic carbocycles. The average Bonchev–Trinajstić information content (AvgIpc) is 2.72. The van der Waals surface area contributed by atoms with Crippen molar-refractivity contribution in [3.63, 3.8) is 0 Å². The lowest BCUT2D eigenvalue weighted by molar-refractivity contribution is 0.0770. The van der Waals surface area contributed by atoms with Crippen LogP contribution in [0.15, 0.2) is 16.5 Å². The van der Waals surface area contributed by atoms with Crippen molar-refractivity contribution in [2.45, 2.75) is 6.54 Å². The Hall–Kier alpha value is -1.34. The Morgan fingerprint density at radius 1 is 1.47 bits per heavy atom. The number of sulfone groups is 1. The predicted octanol–water partition coefficient (Wildman–Crippen LogP) is -0.145. The quantitative estimate of drug-likeness (QED) is 0.795. The minimum absolute atomic E-state index is 0.0697. The zero-order valence-electron chi connectivity index (χ0n) is 9.84.